The van der Waals surface area contributed by atoms with Crippen molar-refractivity contribution in [2.75, 3.05) is 5.73 Å². The van der Waals surface area contributed by atoms with Gasteiger partial charge in [-0.05, 0) is 18.6 Å². The summed E-state index contributed by atoms with van der Waals surface area (Å²) >= 11 is -1.98. The Bertz CT molecular complexity index is 278. The largest absolute Gasteiger partial charge is 0.398 e. The van der Waals surface area contributed by atoms with Crippen LogP contribution in [0.4, 0.5) is 5.69 Å². The third kappa shape index (κ3) is 1.58. The summed E-state index contributed by atoms with van der Waals surface area (Å²) in [5, 5.41) is 0. The first kappa shape index (κ1) is 8.23. The van der Waals surface area contributed by atoms with Crippen molar-refractivity contribution in [3.8, 4) is 0 Å². The van der Waals surface area contributed by atoms with Crippen molar-refractivity contribution < 1.29 is 8.76 Å². The second-order valence-corrected chi connectivity index (χ2v) is 3.15. The van der Waals surface area contributed by atoms with Crippen molar-refractivity contribution >= 4 is 16.8 Å². The Kier molecular flexibility index (Phi) is 2.26. The molecule has 0 aliphatic heterocycles. The van der Waals surface area contributed by atoms with E-state index in [1.54, 1.807) is 25.1 Å². The van der Waals surface area contributed by atoms with Crippen molar-refractivity contribution in [2.45, 2.75) is 11.8 Å². The standard InChI is InChI=1S/C7H9NO2S/c1-5-3-2-4-6(8)7(5)11(9)10/h2-4H,8H2,1H3,(H,9,10). The number of aryl methyl sites for hydroxylation is 1. The van der Waals surface area contributed by atoms with Gasteiger partial charge in [-0.2, -0.15) is 0 Å². The van der Waals surface area contributed by atoms with Gasteiger partial charge in [0, 0.05) is 0 Å². The number of nitrogens with two attached hydrogens (primary N) is 1. The third-order valence-electron chi connectivity index (χ3n) is 1.42. The molecule has 0 amide bonds. The number of hydrogen-bond donors (Lipinski definition) is 2. The lowest BCUT2D eigenvalue weighted by Crippen LogP contribution is -1.98. The van der Waals surface area contributed by atoms with E-state index in [4.69, 9.17) is 10.3 Å². The lowest BCUT2D eigenvalue weighted by Gasteiger charge is -2.02. The summed E-state index contributed by atoms with van der Waals surface area (Å²) in [6, 6.07) is 5.11. The van der Waals surface area contributed by atoms with Crippen LogP contribution in [0.25, 0.3) is 0 Å². The number of hydrogen-bond acceptors (Lipinski definition) is 2. The van der Waals surface area contributed by atoms with E-state index in [2.05, 4.69) is 0 Å². The Morgan fingerprint density at radius 3 is 2.55 bits per heavy atom. The lowest BCUT2D eigenvalue weighted by molar-refractivity contribution is 0.564. The minimum absolute atomic E-state index is 0.313. The fourth-order valence-electron chi connectivity index (χ4n) is 0.914. The molecular formula is C7H9NO2S. The summed E-state index contributed by atoms with van der Waals surface area (Å²) in [4.78, 5) is 0.313. The van der Waals surface area contributed by atoms with Crippen molar-refractivity contribution in [1.82, 2.24) is 0 Å². The molecule has 3 N–H and O–H groups in total. The Hall–Kier alpha value is -0.870. The van der Waals surface area contributed by atoms with Crippen molar-refractivity contribution in [3.63, 3.8) is 0 Å². The second kappa shape index (κ2) is 3.02. The molecule has 0 aliphatic carbocycles. The smallest absolute Gasteiger partial charge is 0.188 e. The van der Waals surface area contributed by atoms with Crippen molar-refractivity contribution in [1.29, 1.82) is 0 Å². The molecule has 0 heterocycles. The maximum absolute atomic E-state index is 10.7. The maximum atomic E-state index is 10.7. The summed E-state index contributed by atoms with van der Waals surface area (Å²) in [6.45, 7) is 1.75. The SMILES string of the molecule is Cc1cccc(N)c1S(=O)O. The van der Waals surface area contributed by atoms with E-state index in [-0.39, 0.29) is 0 Å². The van der Waals surface area contributed by atoms with Gasteiger partial charge in [-0.3, -0.25) is 0 Å². The summed E-state index contributed by atoms with van der Waals surface area (Å²) in [6.07, 6.45) is 0. The van der Waals surface area contributed by atoms with E-state index in [0.717, 1.165) is 5.56 Å². The van der Waals surface area contributed by atoms with Crippen LogP contribution in [0.15, 0.2) is 23.1 Å². The van der Waals surface area contributed by atoms with Crippen LogP contribution in [0.5, 0.6) is 0 Å². The molecule has 0 aliphatic rings. The van der Waals surface area contributed by atoms with E-state index in [0.29, 0.717) is 10.6 Å². The molecule has 0 fully saturated rings. The van der Waals surface area contributed by atoms with Crippen LogP contribution in [0.2, 0.25) is 0 Å². The zero-order chi connectivity index (χ0) is 8.43. The minimum Gasteiger partial charge on any atom is -0.398 e. The molecule has 1 aromatic rings. The lowest BCUT2D eigenvalue weighted by atomic mass is 10.2. The monoisotopic (exact) mass is 171 g/mol. The molecule has 1 atom stereocenters. The average Bonchev–Trinajstić information content (AvgIpc) is 1.85. The second-order valence-electron chi connectivity index (χ2n) is 2.24. The first-order chi connectivity index (χ1) is 5.13. The fourth-order valence-corrected chi connectivity index (χ4v) is 1.53. The highest BCUT2D eigenvalue weighted by molar-refractivity contribution is 7.79. The van der Waals surface area contributed by atoms with Gasteiger partial charge in [0.05, 0.1) is 10.6 Å². The molecule has 0 radical (unpaired) electrons. The Labute approximate surface area is 67.5 Å². The van der Waals surface area contributed by atoms with Crippen LogP contribution >= 0.6 is 0 Å². The van der Waals surface area contributed by atoms with Crippen LogP contribution in [0.3, 0.4) is 0 Å². The van der Waals surface area contributed by atoms with Crippen molar-refractivity contribution in [2.24, 2.45) is 0 Å². The van der Waals surface area contributed by atoms with Crippen LogP contribution in [0.1, 0.15) is 5.56 Å². The first-order valence-corrected chi connectivity index (χ1v) is 4.19. The van der Waals surface area contributed by atoms with E-state index < -0.39 is 11.1 Å². The molecule has 60 valence electrons. The van der Waals surface area contributed by atoms with Crippen LogP contribution in [-0.4, -0.2) is 8.76 Å². The predicted molar refractivity (Wildman–Crippen MR) is 44.6 cm³/mol. The topological polar surface area (TPSA) is 63.3 Å². The van der Waals surface area contributed by atoms with Gasteiger partial charge in [-0.25, -0.2) is 4.21 Å². The van der Waals surface area contributed by atoms with E-state index >= 15 is 0 Å². The molecule has 0 saturated heterocycles. The Morgan fingerprint density at radius 1 is 1.55 bits per heavy atom. The van der Waals surface area contributed by atoms with Gasteiger partial charge >= 0.3 is 0 Å². The van der Waals surface area contributed by atoms with Crippen LogP contribution < -0.4 is 5.73 Å². The molecule has 1 aromatic carbocycles. The normalized spacial score (nSPS) is 12.9. The minimum atomic E-state index is -1.98. The van der Waals surface area contributed by atoms with Crippen LogP contribution in [-0.2, 0) is 11.1 Å². The summed E-state index contributed by atoms with van der Waals surface area (Å²) in [5.74, 6) is 0. The average molecular weight is 171 g/mol. The molecule has 0 aromatic heterocycles. The Morgan fingerprint density at radius 2 is 2.18 bits per heavy atom. The molecule has 4 heteroatoms. The summed E-state index contributed by atoms with van der Waals surface area (Å²) in [5.41, 5.74) is 6.58. The number of rotatable bonds is 1. The van der Waals surface area contributed by atoms with E-state index in [9.17, 15) is 4.21 Å². The van der Waals surface area contributed by atoms with Gasteiger partial charge in [0.2, 0.25) is 0 Å². The molecule has 1 rings (SSSR count). The van der Waals surface area contributed by atoms with Gasteiger partial charge in [-0.1, -0.05) is 12.1 Å². The van der Waals surface area contributed by atoms with Gasteiger partial charge in [0.1, 0.15) is 0 Å². The van der Waals surface area contributed by atoms with Gasteiger partial charge in [0.25, 0.3) is 0 Å². The summed E-state index contributed by atoms with van der Waals surface area (Å²) in [7, 11) is 0. The maximum Gasteiger partial charge on any atom is 0.188 e. The number of benzene rings is 1. The third-order valence-corrected chi connectivity index (χ3v) is 2.32. The highest BCUT2D eigenvalue weighted by atomic mass is 32.2. The number of anilines is 1. The Balaban J connectivity index is 3.32. The number of nitrogen functional groups attached to an aromatic ring is 1. The van der Waals surface area contributed by atoms with Gasteiger partial charge in [0.15, 0.2) is 11.1 Å². The molecule has 0 spiro atoms. The first-order valence-electron chi connectivity index (χ1n) is 3.09. The molecule has 1 unspecified atom stereocenters. The fraction of sp³-hybridized carbons (Fsp3) is 0.143. The highest BCUT2D eigenvalue weighted by Crippen LogP contribution is 2.18. The molecule has 0 bridgehead atoms. The molecule has 3 nitrogen and oxygen atoms in total. The molecule has 0 saturated carbocycles. The molecular weight excluding hydrogens is 162 g/mol. The van der Waals surface area contributed by atoms with Crippen molar-refractivity contribution in [3.05, 3.63) is 23.8 Å². The summed E-state index contributed by atoms with van der Waals surface area (Å²) < 4.78 is 19.5. The van der Waals surface area contributed by atoms with Crippen LogP contribution in [0, 0.1) is 6.92 Å². The highest BCUT2D eigenvalue weighted by Gasteiger charge is 2.06. The van der Waals surface area contributed by atoms with E-state index in [1.165, 1.54) is 0 Å². The zero-order valence-electron chi connectivity index (χ0n) is 6.07. The zero-order valence-corrected chi connectivity index (χ0v) is 6.89. The predicted octanol–water partition coefficient (Wildman–Crippen LogP) is 1.16. The van der Waals surface area contributed by atoms with Gasteiger partial charge in [-0.15, -0.1) is 0 Å². The molecule has 11 heavy (non-hydrogen) atoms. The van der Waals surface area contributed by atoms with Gasteiger partial charge < -0.3 is 10.3 Å². The quantitative estimate of drug-likeness (QED) is 0.492. The van der Waals surface area contributed by atoms with E-state index in [1.807, 2.05) is 0 Å².